The van der Waals surface area contributed by atoms with E-state index in [-0.39, 0.29) is 41.2 Å². The van der Waals surface area contributed by atoms with Gasteiger partial charge in [0.15, 0.2) is 11.6 Å². The van der Waals surface area contributed by atoms with Crippen molar-refractivity contribution in [1.29, 1.82) is 0 Å². The monoisotopic (exact) mass is 506 g/mol. The van der Waals surface area contributed by atoms with Crippen molar-refractivity contribution in [3.05, 3.63) is 35.0 Å². The molecule has 5 rings (SSSR count). The summed E-state index contributed by atoms with van der Waals surface area (Å²) in [5.41, 5.74) is 6.11. The number of ether oxygens (including phenoxy) is 1. The number of aromatic nitrogens is 2. The molecule has 1 aliphatic carbocycles. The maximum absolute atomic E-state index is 15.9. The van der Waals surface area contributed by atoms with Crippen LogP contribution in [-0.4, -0.2) is 63.1 Å². The molecule has 3 aliphatic rings. The molecule has 2 aromatic rings. The van der Waals surface area contributed by atoms with Crippen molar-refractivity contribution in [2.24, 2.45) is 11.7 Å². The zero-order chi connectivity index (χ0) is 24.0. The van der Waals surface area contributed by atoms with E-state index in [4.69, 9.17) is 22.1 Å². The zero-order valence-corrected chi connectivity index (χ0v) is 19.9. The van der Waals surface area contributed by atoms with Crippen molar-refractivity contribution >= 4 is 40.5 Å². The van der Waals surface area contributed by atoms with Gasteiger partial charge in [-0.1, -0.05) is 19.3 Å². The Hall–Kier alpha value is -2.43. The number of primary amides is 1. The van der Waals surface area contributed by atoms with Crippen LogP contribution in [0.2, 0.25) is 0 Å². The van der Waals surface area contributed by atoms with Crippen molar-refractivity contribution in [3.8, 4) is 10.4 Å². The number of ketones is 1. The number of Topliss-reactive ketones (excluding diaryl/α,β-unsaturated/α-hetero) is 1. The second-order valence-corrected chi connectivity index (χ2v) is 10.6. The molecule has 0 aromatic carbocycles. The number of nitrogens with zero attached hydrogens (tertiary/aromatic N) is 3. The second kappa shape index (κ2) is 9.31. The number of thiophene rings is 1. The van der Waals surface area contributed by atoms with Gasteiger partial charge >= 0.3 is 0 Å². The molecule has 11 heteroatoms. The van der Waals surface area contributed by atoms with E-state index < -0.39 is 35.2 Å². The minimum atomic E-state index is -0.900. The third-order valence-electron chi connectivity index (χ3n) is 7.03. The molecule has 0 bridgehead atoms. The SMILES string of the molecule is NC(=O)c1sc(-c2cncnc2)c([C@@H](C(=O)N2C[C@H](Cl)[C@H]3OCC(=O)[C@H]32)C2CCCCC2)c1F. The van der Waals surface area contributed by atoms with Crippen molar-refractivity contribution in [2.45, 2.75) is 55.5 Å². The highest BCUT2D eigenvalue weighted by atomic mass is 35.5. The molecule has 34 heavy (non-hydrogen) atoms. The maximum atomic E-state index is 15.9. The number of carbonyl (C=O) groups is 3. The Bertz CT molecular complexity index is 1120. The number of halogens is 2. The van der Waals surface area contributed by atoms with E-state index in [0.717, 1.165) is 43.4 Å². The van der Waals surface area contributed by atoms with Gasteiger partial charge in [0.05, 0.1) is 11.3 Å². The third-order valence-corrected chi connectivity index (χ3v) is 8.67. The van der Waals surface area contributed by atoms with Gasteiger partial charge in [0.25, 0.3) is 5.91 Å². The van der Waals surface area contributed by atoms with E-state index in [1.165, 1.54) is 23.6 Å². The van der Waals surface area contributed by atoms with Gasteiger partial charge in [0, 0.05) is 34.9 Å². The highest BCUT2D eigenvalue weighted by molar-refractivity contribution is 7.17. The van der Waals surface area contributed by atoms with E-state index in [1.807, 2.05) is 0 Å². The van der Waals surface area contributed by atoms with Gasteiger partial charge in [-0.05, 0) is 18.8 Å². The van der Waals surface area contributed by atoms with E-state index in [2.05, 4.69) is 9.97 Å². The van der Waals surface area contributed by atoms with Crippen LogP contribution in [0.3, 0.4) is 0 Å². The average Bonchev–Trinajstić information content (AvgIpc) is 3.50. The molecule has 2 N–H and O–H groups in total. The lowest BCUT2D eigenvalue weighted by Gasteiger charge is -2.34. The van der Waals surface area contributed by atoms with Crippen LogP contribution in [0.5, 0.6) is 0 Å². The summed E-state index contributed by atoms with van der Waals surface area (Å²) in [5, 5.41) is -0.525. The third kappa shape index (κ3) is 3.91. The lowest BCUT2D eigenvalue weighted by atomic mass is 9.75. The summed E-state index contributed by atoms with van der Waals surface area (Å²) >= 11 is 7.34. The maximum Gasteiger partial charge on any atom is 0.261 e. The average molecular weight is 507 g/mol. The second-order valence-electron chi connectivity index (χ2n) is 9.05. The first-order valence-corrected chi connectivity index (χ1v) is 12.6. The molecule has 4 atom stereocenters. The first-order chi connectivity index (χ1) is 16.4. The number of likely N-dealkylation sites (tertiary alicyclic amines) is 1. The summed E-state index contributed by atoms with van der Waals surface area (Å²) in [5.74, 6) is -3.30. The van der Waals surface area contributed by atoms with Gasteiger partial charge in [-0.25, -0.2) is 14.4 Å². The number of nitrogens with two attached hydrogens (primary N) is 1. The molecule has 1 saturated carbocycles. The largest absolute Gasteiger partial charge is 0.366 e. The van der Waals surface area contributed by atoms with Crippen LogP contribution in [0.25, 0.3) is 10.4 Å². The first kappa shape index (κ1) is 23.3. The van der Waals surface area contributed by atoms with Crippen LogP contribution in [0.1, 0.15) is 53.3 Å². The lowest BCUT2D eigenvalue weighted by Crippen LogP contribution is -2.46. The summed E-state index contributed by atoms with van der Waals surface area (Å²) in [4.78, 5) is 48.5. The number of fused-ring (bicyclic) bond motifs is 1. The van der Waals surface area contributed by atoms with E-state index >= 15 is 4.39 Å². The van der Waals surface area contributed by atoms with E-state index in [1.54, 1.807) is 0 Å². The number of hydrogen-bond acceptors (Lipinski definition) is 7. The molecule has 8 nitrogen and oxygen atoms in total. The summed E-state index contributed by atoms with van der Waals surface area (Å²) in [6, 6.07) is -0.776. The molecule has 2 aromatic heterocycles. The van der Waals surface area contributed by atoms with E-state index in [9.17, 15) is 14.4 Å². The molecule has 4 heterocycles. The quantitative estimate of drug-likeness (QED) is 0.623. The van der Waals surface area contributed by atoms with Crippen LogP contribution in [0, 0.1) is 11.7 Å². The van der Waals surface area contributed by atoms with Gasteiger partial charge in [-0.3, -0.25) is 14.4 Å². The van der Waals surface area contributed by atoms with Crippen LogP contribution in [-0.2, 0) is 14.3 Å². The topological polar surface area (TPSA) is 115 Å². The molecule has 0 spiro atoms. The fourth-order valence-electron chi connectivity index (χ4n) is 5.52. The number of carbonyl (C=O) groups excluding carboxylic acids is 3. The number of hydrogen-bond donors (Lipinski definition) is 1. The molecule has 3 fully saturated rings. The van der Waals surface area contributed by atoms with Crippen LogP contribution >= 0.6 is 22.9 Å². The Labute approximate surface area is 204 Å². The smallest absolute Gasteiger partial charge is 0.261 e. The fourth-order valence-corrected chi connectivity index (χ4v) is 6.93. The van der Waals surface area contributed by atoms with Gasteiger partial charge in [-0.15, -0.1) is 22.9 Å². The molecule has 180 valence electrons. The van der Waals surface area contributed by atoms with Crippen molar-refractivity contribution in [2.75, 3.05) is 13.2 Å². The summed E-state index contributed by atoms with van der Waals surface area (Å²) < 4.78 is 21.4. The Balaban J connectivity index is 1.64. The zero-order valence-electron chi connectivity index (χ0n) is 18.3. The summed E-state index contributed by atoms with van der Waals surface area (Å²) in [6.07, 6.45) is 8.16. The van der Waals surface area contributed by atoms with Crippen molar-refractivity contribution in [1.82, 2.24) is 14.9 Å². The first-order valence-electron chi connectivity index (χ1n) is 11.3. The highest BCUT2D eigenvalue weighted by Gasteiger charge is 2.54. The van der Waals surface area contributed by atoms with Crippen molar-refractivity contribution in [3.63, 3.8) is 0 Å². The number of amides is 2. The number of alkyl halides is 1. The number of rotatable bonds is 5. The molecule has 0 unspecified atom stereocenters. The predicted octanol–water partition coefficient (Wildman–Crippen LogP) is 2.89. The van der Waals surface area contributed by atoms with E-state index in [0.29, 0.717) is 10.4 Å². The highest BCUT2D eigenvalue weighted by Crippen LogP contribution is 2.47. The normalized spacial score (nSPS) is 26.0. The molecule has 2 aliphatic heterocycles. The Morgan fingerprint density at radius 3 is 2.62 bits per heavy atom. The molecular formula is C23H24ClFN4O4S. The van der Waals surface area contributed by atoms with Crippen LogP contribution in [0.15, 0.2) is 18.7 Å². The van der Waals surface area contributed by atoms with Crippen LogP contribution in [0.4, 0.5) is 4.39 Å². The predicted molar refractivity (Wildman–Crippen MR) is 123 cm³/mol. The van der Waals surface area contributed by atoms with Gasteiger partial charge < -0.3 is 15.4 Å². The fraction of sp³-hybridized carbons (Fsp3) is 0.522. The Morgan fingerprint density at radius 2 is 1.94 bits per heavy atom. The Morgan fingerprint density at radius 1 is 1.24 bits per heavy atom. The molecular weight excluding hydrogens is 483 g/mol. The Kier molecular flexibility index (Phi) is 6.39. The molecule has 2 saturated heterocycles. The summed E-state index contributed by atoms with van der Waals surface area (Å²) in [7, 11) is 0. The minimum absolute atomic E-state index is 0.0956. The van der Waals surface area contributed by atoms with Gasteiger partial charge in [-0.2, -0.15) is 0 Å². The summed E-state index contributed by atoms with van der Waals surface area (Å²) in [6.45, 7) is 0.0462. The molecule has 2 amide bonds. The van der Waals surface area contributed by atoms with Gasteiger partial charge in [0.1, 0.15) is 30.0 Å². The van der Waals surface area contributed by atoms with Gasteiger partial charge in [0.2, 0.25) is 5.91 Å². The standard InChI is InChI=1S/C23H24ClFN4O4S/c24-13-8-29(18-14(30)9-33-19(13)18)23(32)15(11-4-2-1-3-5-11)16-17(25)21(22(26)31)34-20(16)12-6-27-10-28-7-12/h6-7,10-11,13,15,18-19H,1-5,8-9H2,(H2,26,31)/t13-,15-,18+,19+/m0/s1. The lowest BCUT2D eigenvalue weighted by molar-refractivity contribution is -0.139. The van der Waals surface area contributed by atoms with Crippen molar-refractivity contribution < 1.29 is 23.5 Å². The van der Waals surface area contributed by atoms with Crippen LogP contribution < -0.4 is 5.73 Å². The molecule has 0 radical (unpaired) electrons. The minimum Gasteiger partial charge on any atom is -0.366 e.